The second-order valence-electron chi connectivity index (χ2n) is 11.5. The highest BCUT2D eigenvalue weighted by molar-refractivity contribution is 5.09. The summed E-state index contributed by atoms with van der Waals surface area (Å²) >= 11 is 0. The van der Waals surface area contributed by atoms with Gasteiger partial charge in [-0.05, 0) is 106 Å². The zero-order valence-electron chi connectivity index (χ0n) is 19.4. The fourth-order valence-electron chi connectivity index (χ4n) is 7.97. The molecule has 0 aromatic carbocycles. The molecule has 4 fully saturated rings. The van der Waals surface area contributed by atoms with E-state index in [0.29, 0.717) is 11.5 Å². The first-order valence-electron chi connectivity index (χ1n) is 12.4. The third kappa shape index (κ3) is 4.16. The number of likely N-dealkylation sites (N-methyl/N-ethyl adjacent to an activating group) is 1. The topological polar surface area (TPSA) is 41.9 Å². The van der Waals surface area contributed by atoms with Gasteiger partial charge in [-0.2, -0.15) is 0 Å². The first-order chi connectivity index (χ1) is 13.8. The smallest absolute Gasteiger partial charge is 0.0704 e. The molecular formula is C25H45NO3. The van der Waals surface area contributed by atoms with E-state index in [2.05, 4.69) is 32.8 Å². The number of fused-ring (bicyclic) bond motifs is 5. The second kappa shape index (κ2) is 8.76. The molecule has 29 heavy (non-hydrogen) atoms. The van der Waals surface area contributed by atoms with E-state index in [1.54, 1.807) is 0 Å². The van der Waals surface area contributed by atoms with Crippen LogP contribution in [-0.4, -0.2) is 62.7 Å². The minimum absolute atomic E-state index is 0.0527. The molecule has 1 N–H and O–H groups in total. The van der Waals surface area contributed by atoms with Gasteiger partial charge < -0.3 is 19.5 Å². The average molecular weight is 408 g/mol. The molecule has 4 aliphatic rings. The lowest BCUT2D eigenvalue weighted by molar-refractivity contribution is -0.142. The van der Waals surface area contributed by atoms with Crippen LogP contribution < -0.4 is 0 Å². The zero-order valence-corrected chi connectivity index (χ0v) is 19.4. The van der Waals surface area contributed by atoms with Gasteiger partial charge in [0.25, 0.3) is 0 Å². The molecule has 0 amide bonds. The molecule has 168 valence electrons. The Kier molecular flexibility index (Phi) is 6.66. The van der Waals surface area contributed by atoms with Gasteiger partial charge in [-0.15, -0.1) is 0 Å². The number of aliphatic hydroxyl groups excluding tert-OH is 1. The van der Waals surface area contributed by atoms with E-state index in [9.17, 15) is 5.11 Å². The van der Waals surface area contributed by atoms with Crippen molar-refractivity contribution in [1.29, 1.82) is 0 Å². The maximum Gasteiger partial charge on any atom is 0.0704 e. The minimum atomic E-state index is -0.0527. The number of hydrogen-bond acceptors (Lipinski definition) is 4. The van der Waals surface area contributed by atoms with Gasteiger partial charge >= 0.3 is 0 Å². The fourth-order valence-corrected chi connectivity index (χ4v) is 7.97. The molecule has 0 heterocycles. The largest absolute Gasteiger partial charge is 0.393 e. The molecule has 4 aliphatic carbocycles. The van der Waals surface area contributed by atoms with Gasteiger partial charge in [0.2, 0.25) is 0 Å². The highest BCUT2D eigenvalue weighted by Gasteiger charge is 2.60. The first kappa shape index (κ1) is 22.0. The molecule has 0 aromatic rings. The van der Waals surface area contributed by atoms with E-state index >= 15 is 0 Å². The fraction of sp³-hybridized carbons (Fsp3) is 1.00. The number of ether oxygens (including phenoxy) is 2. The SMILES string of the molecule is CN(C)CCOCCO[C@H]1CC[C@@]2(C)C(CCC3C2CC[C@@]2(C)C3CC[C@@H]2O)C1. The molecule has 8 atom stereocenters. The van der Waals surface area contributed by atoms with Crippen LogP contribution in [0.5, 0.6) is 0 Å². The van der Waals surface area contributed by atoms with E-state index in [-0.39, 0.29) is 11.5 Å². The number of hydrogen-bond donors (Lipinski definition) is 1. The predicted molar refractivity (Wildman–Crippen MR) is 117 cm³/mol. The summed E-state index contributed by atoms with van der Waals surface area (Å²) in [4.78, 5) is 2.15. The molecule has 0 aromatic heterocycles. The van der Waals surface area contributed by atoms with Gasteiger partial charge in [0.1, 0.15) is 0 Å². The van der Waals surface area contributed by atoms with Crippen LogP contribution in [0.2, 0.25) is 0 Å². The first-order valence-corrected chi connectivity index (χ1v) is 12.4. The summed E-state index contributed by atoms with van der Waals surface area (Å²) in [6.45, 7) is 8.24. The lowest BCUT2D eigenvalue weighted by Gasteiger charge is -2.60. The molecule has 0 saturated heterocycles. The van der Waals surface area contributed by atoms with Crippen molar-refractivity contribution >= 4 is 0 Å². The molecule has 0 bridgehead atoms. The lowest BCUT2D eigenvalue weighted by Crippen LogP contribution is -2.54. The van der Waals surface area contributed by atoms with Crippen molar-refractivity contribution in [3.05, 3.63) is 0 Å². The third-order valence-electron chi connectivity index (χ3n) is 9.83. The minimum Gasteiger partial charge on any atom is -0.393 e. The van der Waals surface area contributed by atoms with Gasteiger partial charge in [-0.25, -0.2) is 0 Å². The molecule has 0 radical (unpaired) electrons. The molecule has 4 heteroatoms. The highest BCUT2D eigenvalue weighted by atomic mass is 16.5. The predicted octanol–water partition coefficient (Wildman–Crippen LogP) is 4.35. The Hall–Kier alpha value is -0.160. The van der Waals surface area contributed by atoms with Crippen LogP contribution in [0.3, 0.4) is 0 Å². The molecule has 0 aliphatic heterocycles. The maximum atomic E-state index is 10.6. The third-order valence-corrected chi connectivity index (χ3v) is 9.83. The van der Waals surface area contributed by atoms with Crippen LogP contribution in [0.1, 0.15) is 71.6 Å². The summed E-state index contributed by atoms with van der Waals surface area (Å²) in [5, 5.41) is 10.6. The molecule has 4 rings (SSSR count). The van der Waals surface area contributed by atoms with Gasteiger partial charge in [-0.3, -0.25) is 0 Å². The van der Waals surface area contributed by atoms with Crippen molar-refractivity contribution < 1.29 is 14.6 Å². The van der Waals surface area contributed by atoms with E-state index in [1.807, 2.05) is 0 Å². The zero-order chi connectivity index (χ0) is 20.6. The van der Waals surface area contributed by atoms with Gasteiger partial charge in [-0.1, -0.05) is 13.8 Å². The molecule has 4 saturated carbocycles. The summed E-state index contributed by atoms with van der Waals surface area (Å²) in [7, 11) is 4.16. The highest BCUT2D eigenvalue weighted by Crippen LogP contribution is 2.66. The van der Waals surface area contributed by atoms with Crippen LogP contribution in [0.15, 0.2) is 0 Å². The van der Waals surface area contributed by atoms with Gasteiger partial charge in [0.15, 0.2) is 0 Å². The Balaban J connectivity index is 1.29. The number of nitrogens with zero attached hydrogens (tertiary/aromatic N) is 1. The molecule has 4 nitrogen and oxygen atoms in total. The van der Waals surface area contributed by atoms with Gasteiger partial charge in [0, 0.05) is 6.54 Å². The van der Waals surface area contributed by atoms with Crippen molar-refractivity contribution in [2.75, 3.05) is 40.5 Å². The van der Waals surface area contributed by atoms with Crippen LogP contribution in [0, 0.1) is 34.5 Å². The number of aliphatic hydroxyl groups is 1. The summed E-state index contributed by atoms with van der Waals surface area (Å²) in [5.74, 6) is 3.32. The summed E-state index contributed by atoms with van der Waals surface area (Å²) < 4.78 is 12.0. The van der Waals surface area contributed by atoms with E-state index < -0.39 is 0 Å². The van der Waals surface area contributed by atoms with Crippen molar-refractivity contribution in [3.63, 3.8) is 0 Å². The van der Waals surface area contributed by atoms with Crippen LogP contribution in [0.4, 0.5) is 0 Å². The van der Waals surface area contributed by atoms with Crippen LogP contribution in [-0.2, 0) is 9.47 Å². The quantitative estimate of drug-likeness (QED) is 0.637. The maximum absolute atomic E-state index is 10.6. The Morgan fingerprint density at radius 2 is 1.62 bits per heavy atom. The van der Waals surface area contributed by atoms with E-state index in [4.69, 9.17) is 9.47 Å². The molecule has 4 unspecified atom stereocenters. The number of rotatable bonds is 7. The van der Waals surface area contributed by atoms with Crippen LogP contribution >= 0.6 is 0 Å². The Morgan fingerprint density at radius 3 is 2.41 bits per heavy atom. The van der Waals surface area contributed by atoms with Crippen molar-refractivity contribution in [2.24, 2.45) is 34.5 Å². The molecule has 0 spiro atoms. The van der Waals surface area contributed by atoms with E-state index in [0.717, 1.165) is 56.5 Å². The lowest BCUT2D eigenvalue weighted by atomic mass is 9.45. The van der Waals surface area contributed by atoms with Crippen LogP contribution in [0.25, 0.3) is 0 Å². The summed E-state index contributed by atoms with van der Waals surface area (Å²) in [6.07, 6.45) is 11.8. The standard InChI is InChI=1S/C25H45NO3/c1-24-11-9-19(29-16-15-28-14-13-26(3)4)17-18(24)5-6-20-21-7-8-23(27)25(21,2)12-10-22(20)24/h18-23,27H,5-17H2,1-4H3/t18?,19-,20?,21?,22?,23-,24-,25-/m0/s1. The van der Waals surface area contributed by atoms with Crippen molar-refractivity contribution in [2.45, 2.75) is 83.8 Å². The molecular weight excluding hydrogens is 362 g/mol. The summed E-state index contributed by atoms with van der Waals surface area (Å²) in [6, 6.07) is 0. The average Bonchev–Trinajstić information content (AvgIpc) is 2.99. The Morgan fingerprint density at radius 1 is 0.862 bits per heavy atom. The van der Waals surface area contributed by atoms with Crippen molar-refractivity contribution in [3.8, 4) is 0 Å². The summed E-state index contributed by atoms with van der Waals surface area (Å²) in [5.41, 5.74) is 0.705. The second-order valence-corrected chi connectivity index (χ2v) is 11.5. The van der Waals surface area contributed by atoms with Crippen molar-refractivity contribution in [1.82, 2.24) is 4.90 Å². The van der Waals surface area contributed by atoms with E-state index in [1.165, 1.54) is 51.4 Å². The Bertz CT molecular complexity index is 554. The van der Waals surface area contributed by atoms with Gasteiger partial charge in [0.05, 0.1) is 32.0 Å². The Labute approximate surface area is 178 Å². The monoisotopic (exact) mass is 407 g/mol. The normalized spacial score (nSPS) is 47.0.